The lowest BCUT2D eigenvalue weighted by atomic mass is 10.1. The lowest BCUT2D eigenvalue weighted by molar-refractivity contribution is 0.102. The fourth-order valence-corrected chi connectivity index (χ4v) is 2.48. The molecule has 0 unspecified atom stereocenters. The predicted octanol–water partition coefficient (Wildman–Crippen LogP) is 4.92. The van der Waals surface area contributed by atoms with E-state index in [1.165, 1.54) is 0 Å². The molecule has 0 radical (unpaired) electrons. The number of hydrogen-bond acceptors (Lipinski definition) is 3. The summed E-state index contributed by atoms with van der Waals surface area (Å²) in [5.74, 6) is 1.31. The van der Waals surface area contributed by atoms with Crippen molar-refractivity contribution in [3.63, 3.8) is 0 Å². The fourth-order valence-electron chi connectivity index (χ4n) is 2.48. The van der Waals surface area contributed by atoms with Gasteiger partial charge in [0.2, 0.25) is 0 Å². The normalized spacial score (nSPS) is 10.2. The Morgan fingerprint density at radius 2 is 1.54 bits per heavy atom. The summed E-state index contributed by atoms with van der Waals surface area (Å²) in [5.41, 5.74) is 2.25. The highest BCUT2D eigenvalue weighted by molar-refractivity contribution is 6.05. The molecule has 26 heavy (non-hydrogen) atoms. The lowest BCUT2D eigenvalue weighted by Crippen LogP contribution is -2.13. The van der Waals surface area contributed by atoms with Gasteiger partial charge in [-0.15, -0.1) is 0 Å². The Labute approximate surface area is 153 Å². The molecule has 3 aromatic rings. The minimum atomic E-state index is -0.173. The van der Waals surface area contributed by atoms with E-state index in [0.717, 1.165) is 11.3 Å². The van der Waals surface area contributed by atoms with E-state index < -0.39 is 0 Å². The van der Waals surface area contributed by atoms with E-state index in [2.05, 4.69) is 5.32 Å². The lowest BCUT2D eigenvalue weighted by Gasteiger charge is -2.11. The number of ether oxygens (including phenoxy) is 2. The highest BCUT2D eigenvalue weighted by atomic mass is 16.5. The van der Waals surface area contributed by atoms with Crippen LogP contribution in [-0.4, -0.2) is 12.5 Å². The minimum absolute atomic E-state index is 0.173. The maximum atomic E-state index is 12.5. The Morgan fingerprint density at radius 1 is 0.846 bits per heavy atom. The Morgan fingerprint density at radius 3 is 2.27 bits per heavy atom. The molecule has 4 heteroatoms. The molecule has 132 valence electrons. The van der Waals surface area contributed by atoms with Gasteiger partial charge in [-0.05, 0) is 48.9 Å². The number of nitrogens with one attached hydrogen (secondary N) is 1. The van der Waals surface area contributed by atoms with Crippen LogP contribution in [0.2, 0.25) is 0 Å². The number of rotatable bonds is 7. The van der Waals surface area contributed by atoms with Crippen molar-refractivity contribution in [2.45, 2.75) is 13.5 Å². The summed E-state index contributed by atoms with van der Waals surface area (Å²) < 4.78 is 11.2. The largest absolute Gasteiger partial charge is 0.492 e. The summed E-state index contributed by atoms with van der Waals surface area (Å²) in [7, 11) is 0. The molecule has 0 aliphatic heterocycles. The number of carbonyl (C=O) groups is 1. The van der Waals surface area contributed by atoms with Crippen LogP contribution >= 0.6 is 0 Å². The number of anilines is 1. The van der Waals surface area contributed by atoms with Crippen LogP contribution in [0.15, 0.2) is 78.9 Å². The molecule has 0 bridgehead atoms. The van der Waals surface area contributed by atoms with Gasteiger partial charge in [-0.3, -0.25) is 4.79 Å². The van der Waals surface area contributed by atoms with Gasteiger partial charge in [0.1, 0.15) is 18.1 Å². The van der Waals surface area contributed by atoms with Crippen LogP contribution < -0.4 is 14.8 Å². The van der Waals surface area contributed by atoms with E-state index in [4.69, 9.17) is 9.47 Å². The van der Waals surface area contributed by atoms with Crippen molar-refractivity contribution in [1.29, 1.82) is 0 Å². The molecule has 0 atom stereocenters. The van der Waals surface area contributed by atoms with E-state index in [1.54, 1.807) is 12.1 Å². The fraction of sp³-hybridized carbons (Fsp3) is 0.136. The van der Waals surface area contributed by atoms with Gasteiger partial charge in [0.25, 0.3) is 5.91 Å². The molecule has 4 nitrogen and oxygen atoms in total. The molecule has 3 aromatic carbocycles. The summed E-state index contributed by atoms with van der Waals surface area (Å²) in [6.07, 6.45) is 0. The first kappa shape index (κ1) is 17.5. The molecule has 0 aliphatic rings. The third-order valence-corrected chi connectivity index (χ3v) is 3.80. The third-order valence-electron chi connectivity index (χ3n) is 3.80. The van der Waals surface area contributed by atoms with Gasteiger partial charge < -0.3 is 14.8 Å². The first-order valence-electron chi connectivity index (χ1n) is 8.56. The van der Waals surface area contributed by atoms with Gasteiger partial charge in [-0.2, -0.15) is 0 Å². The Hall–Kier alpha value is -3.27. The average Bonchev–Trinajstić information content (AvgIpc) is 2.69. The van der Waals surface area contributed by atoms with Crippen LogP contribution in [0.3, 0.4) is 0 Å². The topological polar surface area (TPSA) is 47.6 Å². The molecular weight excluding hydrogens is 326 g/mol. The van der Waals surface area contributed by atoms with Crippen LogP contribution in [0.25, 0.3) is 0 Å². The van der Waals surface area contributed by atoms with E-state index in [0.29, 0.717) is 30.2 Å². The number of para-hydroxylation sites is 3. The molecule has 0 aliphatic carbocycles. The summed E-state index contributed by atoms with van der Waals surface area (Å²) in [5, 5.41) is 2.89. The van der Waals surface area contributed by atoms with Gasteiger partial charge in [0.05, 0.1) is 12.3 Å². The van der Waals surface area contributed by atoms with Gasteiger partial charge in [-0.1, -0.05) is 42.5 Å². The molecular formula is C22H21NO3. The minimum Gasteiger partial charge on any atom is -0.492 e. The van der Waals surface area contributed by atoms with Crippen LogP contribution in [0, 0.1) is 0 Å². The second-order valence-electron chi connectivity index (χ2n) is 5.68. The van der Waals surface area contributed by atoms with E-state index in [1.807, 2.05) is 73.7 Å². The summed E-state index contributed by atoms with van der Waals surface area (Å²) in [4.78, 5) is 12.5. The highest BCUT2D eigenvalue weighted by Crippen LogP contribution is 2.24. The smallest absolute Gasteiger partial charge is 0.255 e. The van der Waals surface area contributed by atoms with E-state index in [-0.39, 0.29) is 5.91 Å². The van der Waals surface area contributed by atoms with Crippen molar-refractivity contribution in [2.75, 3.05) is 11.9 Å². The maximum Gasteiger partial charge on any atom is 0.255 e. The van der Waals surface area contributed by atoms with Crippen molar-refractivity contribution < 1.29 is 14.3 Å². The molecule has 0 saturated carbocycles. The molecule has 0 spiro atoms. The van der Waals surface area contributed by atoms with Crippen LogP contribution in [-0.2, 0) is 6.61 Å². The Kier molecular flexibility index (Phi) is 5.88. The van der Waals surface area contributed by atoms with Crippen molar-refractivity contribution >= 4 is 11.6 Å². The van der Waals surface area contributed by atoms with Crippen molar-refractivity contribution in [1.82, 2.24) is 0 Å². The summed E-state index contributed by atoms with van der Waals surface area (Å²) in [6.45, 7) is 2.91. The zero-order valence-corrected chi connectivity index (χ0v) is 14.6. The number of hydrogen-bond donors (Lipinski definition) is 1. The molecule has 3 rings (SSSR count). The van der Waals surface area contributed by atoms with Crippen LogP contribution in [0.5, 0.6) is 11.5 Å². The van der Waals surface area contributed by atoms with Gasteiger partial charge in [0.15, 0.2) is 0 Å². The maximum absolute atomic E-state index is 12.5. The predicted molar refractivity (Wildman–Crippen MR) is 103 cm³/mol. The molecule has 0 heterocycles. The monoisotopic (exact) mass is 347 g/mol. The van der Waals surface area contributed by atoms with Crippen molar-refractivity contribution in [2.24, 2.45) is 0 Å². The quantitative estimate of drug-likeness (QED) is 0.660. The Bertz CT molecular complexity index is 845. The standard InChI is InChI=1S/C22H21NO3/c1-2-25-21-11-7-6-10-20(21)23-22(24)18-14-12-17(13-15-18)16-26-19-8-4-3-5-9-19/h3-15H,2,16H2,1H3,(H,23,24). The summed E-state index contributed by atoms with van der Waals surface area (Å²) in [6, 6.07) is 24.4. The van der Waals surface area contributed by atoms with Gasteiger partial charge >= 0.3 is 0 Å². The molecule has 1 amide bonds. The van der Waals surface area contributed by atoms with E-state index in [9.17, 15) is 4.79 Å². The first-order chi connectivity index (χ1) is 12.8. The van der Waals surface area contributed by atoms with Gasteiger partial charge in [0, 0.05) is 5.56 Å². The molecule has 0 fully saturated rings. The first-order valence-corrected chi connectivity index (χ1v) is 8.56. The molecule has 0 saturated heterocycles. The molecule has 0 aromatic heterocycles. The van der Waals surface area contributed by atoms with Crippen molar-refractivity contribution in [3.05, 3.63) is 90.0 Å². The van der Waals surface area contributed by atoms with Gasteiger partial charge in [-0.25, -0.2) is 0 Å². The zero-order valence-electron chi connectivity index (χ0n) is 14.6. The number of amides is 1. The third kappa shape index (κ3) is 4.63. The van der Waals surface area contributed by atoms with Crippen molar-refractivity contribution in [3.8, 4) is 11.5 Å². The Balaban J connectivity index is 1.62. The zero-order chi connectivity index (χ0) is 18.2. The second-order valence-corrected chi connectivity index (χ2v) is 5.68. The second kappa shape index (κ2) is 8.72. The van der Waals surface area contributed by atoms with Crippen LogP contribution in [0.4, 0.5) is 5.69 Å². The average molecular weight is 347 g/mol. The SMILES string of the molecule is CCOc1ccccc1NC(=O)c1ccc(COc2ccccc2)cc1. The van der Waals surface area contributed by atoms with E-state index >= 15 is 0 Å². The number of carbonyl (C=O) groups excluding carboxylic acids is 1. The highest BCUT2D eigenvalue weighted by Gasteiger charge is 2.09. The summed E-state index contributed by atoms with van der Waals surface area (Å²) >= 11 is 0. The number of benzene rings is 3. The van der Waals surface area contributed by atoms with Crippen LogP contribution in [0.1, 0.15) is 22.8 Å². The molecule has 1 N–H and O–H groups in total.